The third kappa shape index (κ3) is 3.09. The standard InChI is InChI=1S/C15H20O2/c1-10(2)11-3-5-12(6-4-11)14(9-15(16)17)13-7-8-13/h3-6,10,13-14H,7-9H2,1-2H3,(H,16,17). The van der Waals surface area contributed by atoms with Gasteiger partial charge in [-0.25, -0.2) is 0 Å². The van der Waals surface area contributed by atoms with Gasteiger partial charge in [-0.3, -0.25) is 4.79 Å². The molecule has 0 saturated heterocycles. The van der Waals surface area contributed by atoms with E-state index in [9.17, 15) is 4.79 Å². The topological polar surface area (TPSA) is 37.3 Å². The molecule has 1 saturated carbocycles. The zero-order chi connectivity index (χ0) is 12.4. The minimum Gasteiger partial charge on any atom is -0.481 e. The molecule has 1 aromatic rings. The molecule has 1 N–H and O–H groups in total. The Hall–Kier alpha value is -1.31. The van der Waals surface area contributed by atoms with E-state index >= 15 is 0 Å². The summed E-state index contributed by atoms with van der Waals surface area (Å²) >= 11 is 0. The number of hydrogen-bond donors (Lipinski definition) is 1. The van der Waals surface area contributed by atoms with Crippen molar-refractivity contribution < 1.29 is 9.90 Å². The van der Waals surface area contributed by atoms with Crippen molar-refractivity contribution in [2.24, 2.45) is 5.92 Å². The molecule has 0 aliphatic heterocycles. The third-order valence-electron chi connectivity index (χ3n) is 3.62. The van der Waals surface area contributed by atoms with Crippen LogP contribution in [0.3, 0.4) is 0 Å². The maximum absolute atomic E-state index is 10.9. The van der Waals surface area contributed by atoms with Gasteiger partial charge in [-0.1, -0.05) is 38.1 Å². The van der Waals surface area contributed by atoms with Gasteiger partial charge >= 0.3 is 5.97 Å². The lowest BCUT2D eigenvalue weighted by Crippen LogP contribution is -2.08. The SMILES string of the molecule is CC(C)c1ccc(C(CC(=O)O)C2CC2)cc1. The summed E-state index contributed by atoms with van der Waals surface area (Å²) in [5, 5.41) is 8.96. The first-order valence-electron chi connectivity index (χ1n) is 6.39. The fourth-order valence-corrected chi connectivity index (χ4v) is 2.37. The molecule has 2 nitrogen and oxygen atoms in total. The van der Waals surface area contributed by atoms with Gasteiger partial charge in [-0.05, 0) is 41.7 Å². The van der Waals surface area contributed by atoms with Crippen LogP contribution in [0.1, 0.15) is 56.1 Å². The van der Waals surface area contributed by atoms with Crippen LogP contribution in [0.2, 0.25) is 0 Å². The second-order valence-corrected chi connectivity index (χ2v) is 5.36. The van der Waals surface area contributed by atoms with Crippen LogP contribution in [0.5, 0.6) is 0 Å². The normalized spacial score (nSPS) is 17.1. The molecule has 0 spiro atoms. The summed E-state index contributed by atoms with van der Waals surface area (Å²) < 4.78 is 0. The molecule has 1 aliphatic carbocycles. The summed E-state index contributed by atoms with van der Waals surface area (Å²) in [6.45, 7) is 4.34. The predicted molar refractivity (Wildman–Crippen MR) is 68.2 cm³/mol. The average Bonchev–Trinajstić information content (AvgIpc) is 3.09. The molecule has 1 aromatic carbocycles. The molecule has 0 bridgehead atoms. The lowest BCUT2D eigenvalue weighted by Gasteiger charge is -2.15. The summed E-state index contributed by atoms with van der Waals surface area (Å²) in [6.07, 6.45) is 2.64. The monoisotopic (exact) mass is 232 g/mol. The minimum atomic E-state index is -0.685. The first kappa shape index (κ1) is 12.2. The lowest BCUT2D eigenvalue weighted by atomic mass is 9.89. The van der Waals surface area contributed by atoms with Crippen LogP contribution in [-0.2, 0) is 4.79 Å². The first-order valence-corrected chi connectivity index (χ1v) is 6.39. The Balaban J connectivity index is 2.15. The van der Waals surface area contributed by atoms with Crippen LogP contribution in [0.4, 0.5) is 0 Å². The summed E-state index contributed by atoms with van der Waals surface area (Å²) in [7, 11) is 0. The van der Waals surface area contributed by atoms with Crippen molar-refractivity contribution in [3.8, 4) is 0 Å². The molecule has 0 aromatic heterocycles. The van der Waals surface area contributed by atoms with Crippen molar-refractivity contribution >= 4 is 5.97 Å². The van der Waals surface area contributed by atoms with Gasteiger partial charge in [-0.15, -0.1) is 0 Å². The molecular formula is C15H20O2. The average molecular weight is 232 g/mol. The molecule has 1 aliphatic rings. The Labute approximate surface area is 103 Å². The van der Waals surface area contributed by atoms with Gasteiger partial charge in [0, 0.05) is 0 Å². The highest BCUT2D eigenvalue weighted by molar-refractivity contribution is 5.68. The predicted octanol–water partition coefficient (Wildman–Crippen LogP) is 3.78. The highest BCUT2D eigenvalue weighted by Gasteiger charge is 2.33. The molecule has 92 valence electrons. The van der Waals surface area contributed by atoms with Crippen molar-refractivity contribution in [3.63, 3.8) is 0 Å². The van der Waals surface area contributed by atoms with Crippen molar-refractivity contribution in [1.82, 2.24) is 0 Å². The first-order chi connectivity index (χ1) is 8.08. The molecule has 2 rings (SSSR count). The number of aliphatic carboxylic acids is 1. The Morgan fingerprint density at radius 2 is 1.76 bits per heavy atom. The van der Waals surface area contributed by atoms with Crippen LogP contribution in [0, 0.1) is 5.92 Å². The van der Waals surface area contributed by atoms with Gasteiger partial charge in [0.05, 0.1) is 6.42 Å². The van der Waals surface area contributed by atoms with Crippen molar-refractivity contribution in [2.45, 2.75) is 44.9 Å². The van der Waals surface area contributed by atoms with Crippen LogP contribution in [0.15, 0.2) is 24.3 Å². The molecular weight excluding hydrogens is 212 g/mol. The van der Waals surface area contributed by atoms with Crippen LogP contribution < -0.4 is 0 Å². The van der Waals surface area contributed by atoms with Gasteiger partial charge in [0.1, 0.15) is 0 Å². The maximum atomic E-state index is 10.9. The summed E-state index contributed by atoms with van der Waals surface area (Å²) in [6, 6.07) is 8.50. The van der Waals surface area contributed by atoms with E-state index in [1.165, 1.54) is 24.0 Å². The Bertz CT molecular complexity index is 388. The van der Waals surface area contributed by atoms with Gasteiger partial charge in [0.2, 0.25) is 0 Å². The molecule has 0 radical (unpaired) electrons. The van der Waals surface area contributed by atoms with Gasteiger partial charge in [0.25, 0.3) is 0 Å². The fraction of sp³-hybridized carbons (Fsp3) is 0.533. The smallest absolute Gasteiger partial charge is 0.303 e. The molecule has 0 heterocycles. The number of carboxylic acids is 1. The quantitative estimate of drug-likeness (QED) is 0.838. The molecule has 1 unspecified atom stereocenters. The van der Waals surface area contributed by atoms with Crippen LogP contribution in [-0.4, -0.2) is 11.1 Å². The molecule has 1 fully saturated rings. The Morgan fingerprint density at radius 3 is 2.18 bits per heavy atom. The molecule has 1 atom stereocenters. The lowest BCUT2D eigenvalue weighted by molar-refractivity contribution is -0.137. The zero-order valence-corrected chi connectivity index (χ0v) is 10.5. The number of benzene rings is 1. The molecule has 17 heavy (non-hydrogen) atoms. The second-order valence-electron chi connectivity index (χ2n) is 5.36. The maximum Gasteiger partial charge on any atom is 0.303 e. The van der Waals surface area contributed by atoms with Gasteiger partial charge in [-0.2, -0.15) is 0 Å². The second kappa shape index (κ2) is 4.91. The number of carboxylic acid groups (broad SMARTS) is 1. The van der Waals surface area contributed by atoms with E-state index in [1.807, 2.05) is 0 Å². The van der Waals surface area contributed by atoms with E-state index in [1.54, 1.807) is 0 Å². The van der Waals surface area contributed by atoms with E-state index in [0.717, 1.165) is 0 Å². The number of hydrogen-bond acceptors (Lipinski definition) is 1. The number of carbonyl (C=O) groups is 1. The van der Waals surface area contributed by atoms with E-state index in [4.69, 9.17) is 5.11 Å². The molecule has 0 amide bonds. The van der Waals surface area contributed by atoms with E-state index in [-0.39, 0.29) is 12.3 Å². The van der Waals surface area contributed by atoms with Crippen molar-refractivity contribution in [1.29, 1.82) is 0 Å². The highest BCUT2D eigenvalue weighted by atomic mass is 16.4. The fourth-order valence-electron chi connectivity index (χ4n) is 2.37. The third-order valence-corrected chi connectivity index (χ3v) is 3.62. The van der Waals surface area contributed by atoms with Crippen LogP contribution >= 0.6 is 0 Å². The highest BCUT2D eigenvalue weighted by Crippen LogP contribution is 2.44. The zero-order valence-electron chi connectivity index (χ0n) is 10.5. The number of rotatable bonds is 5. The largest absolute Gasteiger partial charge is 0.481 e. The van der Waals surface area contributed by atoms with Gasteiger partial charge < -0.3 is 5.11 Å². The Kier molecular flexibility index (Phi) is 3.51. The Morgan fingerprint density at radius 1 is 1.24 bits per heavy atom. The minimum absolute atomic E-state index is 0.216. The van der Waals surface area contributed by atoms with E-state index in [0.29, 0.717) is 11.8 Å². The summed E-state index contributed by atoms with van der Waals surface area (Å²) in [4.78, 5) is 10.9. The molecule has 2 heteroatoms. The van der Waals surface area contributed by atoms with E-state index < -0.39 is 5.97 Å². The van der Waals surface area contributed by atoms with Crippen molar-refractivity contribution in [3.05, 3.63) is 35.4 Å². The summed E-state index contributed by atoms with van der Waals surface area (Å²) in [5.41, 5.74) is 2.51. The van der Waals surface area contributed by atoms with Crippen molar-refractivity contribution in [2.75, 3.05) is 0 Å². The summed E-state index contributed by atoms with van der Waals surface area (Å²) in [5.74, 6) is 0.655. The van der Waals surface area contributed by atoms with Crippen LogP contribution in [0.25, 0.3) is 0 Å². The van der Waals surface area contributed by atoms with Gasteiger partial charge in [0.15, 0.2) is 0 Å². The van der Waals surface area contributed by atoms with E-state index in [2.05, 4.69) is 38.1 Å².